The Morgan fingerprint density at radius 2 is 1.30 bits per heavy atom. The summed E-state index contributed by atoms with van der Waals surface area (Å²) in [6, 6.07) is 0. The van der Waals surface area contributed by atoms with Crippen LogP contribution in [0.1, 0.15) is 6.92 Å². The molecule has 0 unspecified atom stereocenters. The average molecular weight is 269 g/mol. The van der Waals surface area contributed by atoms with E-state index in [2.05, 4.69) is 0 Å². The molecule has 5 nitrogen and oxygen atoms in total. The van der Waals surface area contributed by atoms with E-state index in [-0.39, 0.29) is 40.7 Å². The second-order valence-corrected chi connectivity index (χ2v) is 1.54. The fourth-order valence-electron chi connectivity index (χ4n) is 0. The first-order valence-electron chi connectivity index (χ1n) is 1.69. The number of aliphatic hydroxyl groups excluding tert-OH is 1. The molecule has 0 aliphatic rings. The van der Waals surface area contributed by atoms with Crippen molar-refractivity contribution in [3.63, 3.8) is 0 Å². The maximum Gasteiger partial charge on any atom is 1.00 e. The molecule has 0 rings (SSSR count). The molecule has 0 radical (unpaired) electrons. The predicted octanol–water partition coefficient (Wildman–Crippen LogP) is -1.34. The van der Waals surface area contributed by atoms with Crippen LogP contribution < -0.4 is 0 Å². The predicted molar refractivity (Wildman–Crippen MR) is 23.2 cm³/mol. The third kappa shape index (κ3) is 727. The minimum atomic E-state index is -5.17. The molecule has 72 valence electrons. The Kier molecular flexibility index (Phi) is 28.1. The molecule has 0 bridgehead atoms. The van der Waals surface area contributed by atoms with Gasteiger partial charge in [0.25, 0.3) is 0 Å². The normalized spacial score (nSPS) is 7.60. The Balaban J connectivity index is -0.0000000326. The zero-order valence-electron chi connectivity index (χ0n) is 4.80. The van der Waals surface area contributed by atoms with Crippen LogP contribution in [0, 0.1) is 0 Å². The standard InChI is InChI=1S/C2H6O.2Cu.H2O4S/c1-2-3;;;1-5(2,3)4/h3H,2H2,1H3;;;(H2,1,2,3,4)/q;2*+1;/p-2. The van der Waals surface area contributed by atoms with Crippen LogP contribution >= 0.6 is 0 Å². The molecule has 10 heavy (non-hydrogen) atoms. The first kappa shape index (κ1) is 22.4. The molecule has 1 N–H and O–H groups in total. The van der Waals surface area contributed by atoms with Gasteiger partial charge in [-0.15, -0.1) is 0 Å². The largest absolute Gasteiger partial charge is 1.00 e. The van der Waals surface area contributed by atoms with Gasteiger partial charge >= 0.3 is 34.1 Å². The van der Waals surface area contributed by atoms with E-state index in [0.29, 0.717) is 0 Å². The van der Waals surface area contributed by atoms with Crippen LogP contribution in [0.25, 0.3) is 0 Å². The molecule has 8 heteroatoms. The Morgan fingerprint density at radius 1 is 1.30 bits per heavy atom. The maximum atomic E-state index is 8.52. The second kappa shape index (κ2) is 12.5. The molecule has 0 aromatic carbocycles. The molecular weight excluding hydrogens is 263 g/mol. The fraction of sp³-hybridized carbons (Fsp3) is 1.00. The van der Waals surface area contributed by atoms with Crippen molar-refractivity contribution in [3.8, 4) is 0 Å². The molecule has 0 saturated carbocycles. The summed E-state index contributed by atoms with van der Waals surface area (Å²) in [5.41, 5.74) is 0. The summed E-state index contributed by atoms with van der Waals surface area (Å²) in [5.74, 6) is 0. The first-order valence-corrected chi connectivity index (χ1v) is 3.02. The van der Waals surface area contributed by atoms with Crippen LogP contribution in [0.4, 0.5) is 0 Å². The van der Waals surface area contributed by atoms with Crippen molar-refractivity contribution >= 4 is 10.4 Å². The number of hydrogen-bond donors (Lipinski definition) is 1. The van der Waals surface area contributed by atoms with Gasteiger partial charge in [-0.1, -0.05) is 0 Å². The monoisotopic (exact) mass is 268 g/mol. The van der Waals surface area contributed by atoms with E-state index < -0.39 is 10.4 Å². The van der Waals surface area contributed by atoms with Crippen LogP contribution in [0.5, 0.6) is 0 Å². The summed E-state index contributed by atoms with van der Waals surface area (Å²) in [7, 11) is -5.17. The van der Waals surface area contributed by atoms with Gasteiger partial charge < -0.3 is 14.2 Å². The first-order chi connectivity index (χ1) is 3.41. The van der Waals surface area contributed by atoms with E-state index in [4.69, 9.17) is 22.6 Å². The van der Waals surface area contributed by atoms with E-state index in [0.717, 1.165) is 0 Å². The maximum absolute atomic E-state index is 8.52. The Hall–Kier alpha value is 0.869. The summed E-state index contributed by atoms with van der Waals surface area (Å²) < 4.78 is 34.1. The van der Waals surface area contributed by atoms with Crippen molar-refractivity contribution in [1.29, 1.82) is 0 Å². The average Bonchev–Trinajstić information content (AvgIpc) is 1.27. The summed E-state index contributed by atoms with van der Waals surface area (Å²) >= 11 is 0. The van der Waals surface area contributed by atoms with Gasteiger partial charge in [0.1, 0.15) is 0 Å². The number of rotatable bonds is 0. The van der Waals surface area contributed by atoms with Crippen molar-refractivity contribution in [2.24, 2.45) is 0 Å². The van der Waals surface area contributed by atoms with Crippen molar-refractivity contribution in [1.82, 2.24) is 0 Å². The van der Waals surface area contributed by atoms with Gasteiger partial charge in [-0.05, 0) is 6.92 Å². The number of hydrogen-bond acceptors (Lipinski definition) is 5. The molecule has 0 saturated heterocycles. The zero-order valence-corrected chi connectivity index (χ0v) is 7.50. The molecule has 0 fully saturated rings. The van der Waals surface area contributed by atoms with Gasteiger partial charge in [-0.25, -0.2) is 0 Å². The smallest absolute Gasteiger partial charge is 0.759 e. The van der Waals surface area contributed by atoms with E-state index in [1.165, 1.54) is 0 Å². The van der Waals surface area contributed by atoms with E-state index >= 15 is 0 Å². The Bertz CT molecular complexity index is 112. The van der Waals surface area contributed by atoms with Gasteiger partial charge in [0.15, 0.2) is 0 Å². The summed E-state index contributed by atoms with van der Waals surface area (Å²) in [6.07, 6.45) is 0. The summed E-state index contributed by atoms with van der Waals surface area (Å²) in [4.78, 5) is 0. The van der Waals surface area contributed by atoms with Gasteiger partial charge in [-0.3, -0.25) is 8.42 Å². The van der Waals surface area contributed by atoms with Gasteiger partial charge in [0, 0.05) is 17.0 Å². The molecule has 0 atom stereocenters. The van der Waals surface area contributed by atoms with Crippen LogP contribution in [-0.2, 0) is 44.5 Å². The second-order valence-electron chi connectivity index (χ2n) is 0.724. The van der Waals surface area contributed by atoms with Gasteiger partial charge in [0.05, 0.1) is 0 Å². The molecule has 0 heterocycles. The van der Waals surface area contributed by atoms with Crippen molar-refractivity contribution in [3.05, 3.63) is 0 Å². The Labute approximate surface area is 80.7 Å². The molecule has 0 aliphatic heterocycles. The third-order valence-electron chi connectivity index (χ3n) is 0. The third-order valence-corrected chi connectivity index (χ3v) is 0. The Morgan fingerprint density at radius 3 is 1.30 bits per heavy atom. The van der Waals surface area contributed by atoms with E-state index in [1.807, 2.05) is 0 Å². The van der Waals surface area contributed by atoms with E-state index in [9.17, 15) is 0 Å². The quantitative estimate of drug-likeness (QED) is 0.333. The zero-order chi connectivity index (χ0) is 7.21. The van der Waals surface area contributed by atoms with Crippen LogP contribution in [-0.4, -0.2) is 29.2 Å². The SMILES string of the molecule is CCO.O=S(=O)([O-])[O-].[Cu+].[Cu+]. The van der Waals surface area contributed by atoms with Crippen molar-refractivity contribution in [2.75, 3.05) is 6.61 Å². The molecule has 0 aromatic rings. The van der Waals surface area contributed by atoms with Crippen LogP contribution in [0.2, 0.25) is 0 Å². The minimum absolute atomic E-state index is 0. The molecule has 0 spiro atoms. The molecular formula is C2H6Cu2O5S. The van der Waals surface area contributed by atoms with Gasteiger partial charge in [-0.2, -0.15) is 0 Å². The van der Waals surface area contributed by atoms with Crippen molar-refractivity contribution in [2.45, 2.75) is 6.92 Å². The molecule has 0 aromatic heterocycles. The summed E-state index contributed by atoms with van der Waals surface area (Å²) in [6.45, 7) is 1.93. The molecule has 0 amide bonds. The van der Waals surface area contributed by atoms with Gasteiger partial charge in [0.2, 0.25) is 0 Å². The summed E-state index contributed by atoms with van der Waals surface area (Å²) in [5, 5.41) is 7.57. The fourth-order valence-corrected chi connectivity index (χ4v) is 0. The van der Waals surface area contributed by atoms with Crippen LogP contribution in [0.15, 0.2) is 0 Å². The van der Waals surface area contributed by atoms with Crippen molar-refractivity contribution < 1.29 is 56.8 Å². The van der Waals surface area contributed by atoms with E-state index in [1.54, 1.807) is 6.92 Å². The topological polar surface area (TPSA) is 100 Å². The minimum Gasteiger partial charge on any atom is -0.759 e. The molecule has 0 aliphatic carbocycles. The van der Waals surface area contributed by atoms with Crippen LogP contribution in [0.3, 0.4) is 0 Å². The number of aliphatic hydroxyl groups is 1.